The number of carbonyl (C=O) groups is 2. The Kier molecular flexibility index (Phi) is 3.31. The molecular weight excluding hydrogens is 208 g/mol. The molecular formula is C4H5BrO5. The van der Waals surface area contributed by atoms with E-state index in [9.17, 15) is 9.59 Å². The van der Waals surface area contributed by atoms with Gasteiger partial charge in [0.2, 0.25) is 0 Å². The van der Waals surface area contributed by atoms with Crippen LogP contribution in [0.3, 0.4) is 0 Å². The highest BCUT2D eigenvalue weighted by Crippen LogP contribution is 2.05. The fourth-order valence-corrected chi connectivity index (χ4v) is 0.486. The van der Waals surface area contributed by atoms with Crippen LogP contribution in [0.25, 0.3) is 0 Å². The summed E-state index contributed by atoms with van der Waals surface area (Å²) in [5, 5.41) is 24.7. The van der Waals surface area contributed by atoms with Gasteiger partial charge < -0.3 is 15.3 Å². The third-order valence-electron chi connectivity index (χ3n) is 0.766. The zero-order chi connectivity index (χ0) is 8.31. The molecule has 5 nitrogen and oxygen atoms in total. The standard InChI is InChI=1S/C4H5BrO5/c5-1(3(7)8)2(6)4(9)10/h1-2,6H,(H,7,8)(H,9,10)/t1-,2+/m0/s1. The Bertz CT molecular complexity index is 138. The molecule has 2 atom stereocenters. The molecule has 0 saturated heterocycles. The van der Waals surface area contributed by atoms with Crippen molar-refractivity contribution >= 4 is 27.9 Å². The van der Waals surface area contributed by atoms with Crippen molar-refractivity contribution in [2.75, 3.05) is 0 Å². The van der Waals surface area contributed by atoms with Crippen LogP contribution >= 0.6 is 15.9 Å². The summed E-state index contributed by atoms with van der Waals surface area (Å²) < 4.78 is 0. The molecule has 0 unspecified atom stereocenters. The maximum absolute atomic E-state index is 9.97. The van der Waals surface area contributed by atoms with Gasteiger partial charge in [0.05, 0.1) is 0 Å². The lowest BCUT2D eigenvalue weighted by atomic mass is 10.2. The van der Waals surface area contributed by atoms with Crippen LogP contribution in [0.2, 0.25) is 0 Å². The van der Waals surface area contributed by atoms with Gasteiger partial charge >= 0.3 is 11.9 Å². The summed E-state index contributed by atoms with van der Waals surface area (Å²) in [6, 6.07) is 0. The minimum Gasteiger partial charge on any atom is -0.480 e. The molecule has 0 saturated carbocycles. The molecule has 0 aromatic rings. The fourth-order valence-electron chi connectivity index (χ4n) is 0.260. The summed E-state index contributed by atoms with van der Waals surface area (Å²) in [6.07, 6.45) is -1.91. The lowest BCUT2D eigenvalue weighted by Crippen LogP contribution is -2.35. The smallest absolute Gasteiger partial charge is 0.334 e. The number of carboxylic acids is 2. The number of aliphatic hydroxyl groups excluding tert-OH is 1. The molecule has 3 N–H and O–H groups in total. The molecule has 0 radical (unpaired) electrons. The summed E-state index contributed by atoms with van der Waals surface area (Å²) in [6.45, 7) is 0. The molecule has 0 fully saturated rings. The van der Waals surface area contributed by atoms with Crippen LogP contribution < -0.4 is 0 Å². The molecule has 6 heteroatoms. The van der Waals surface area contributed by atoms with Gasteiger partial charge in [0, 0.05) is 0 Å². The zero-order valence-corrected chi connectivity index (χ0v) is 6.28. The van der Waals surface area contributed by atoms with E-state index in [-0.39, 0.29) is 0 Å². The lowest BCUT2D eigenvalue weighted by molar-refractivity contribution is -0.151. The van der Waals surface area contributed by atoms with Crippen molar-refractivity contribution in [2.45, 2.75) is 10.9 Å². The summed E-state index contributed by atoms with van der Waals surface area (Å²) in [4.78, 5) is 18.4. The first-order valence-corrected chi connectivity index (χ1v) is 3.16. The number of hydrogen-bond acceptors (Lipinski definition) is 3. The Labute approximate surface area is 64.4 Å². The van der Waals surface area contributed by atoms with Crippen LogP contribution in [0.15, 0.2) is 0 Å². The third-order valence-corrected chi connectivity index (χ3v) is 1.66. The Morgan fingerprint density at radius 3 is 1.70 bits per heavy atom. The van der Waals surface area contributed by atoms with Gasteiger partial charge in [-0.3, -0.25) is 4.79 Å². The average molecular weight is 213 g/mol. The zero-order valence-electron chi connectivity index (χ0n) is 4.69. The average Bonchev–Trinajstić information content (AvgIpc) is 1.84. The van der Waals surface area contributed by atoms with Crippen LogP contribution in [0.1, 0.15) is 0 Å². The van der Waals surface area contributed by atoms with E-state index in [1.54, 1.807) is 0 Å². The van der Waals surface area contributed by atoms with Crippen molar-refractivity contribution in [3.8, 4) is 0 Å². The van der Waals surface area contributed by atoms with Crippen molar-refractivity contribution in [2.24, 2.45) is 0 Å². The first-order valence-electron chi connectivity index (χ1n) is 2.24. The maximum atomic E-state index is 9.97. The number of carboxylic acid groups (broad SMARTS) is 2. The largest absolute Gasteiger partial charge is 0.480 e. The van der Waals surface area contributed by atoms with Crippen molar-refractivity contribution in [1.29, 1.82) is 0 Å². The van der Waals surface area contributed by atoms with Crippen molar-refractivity contribution in [3.05, 3.63) is 0 Å². The van der Waals surface area contributed by atoms with Gasteiger partial charge in [0.25, 0.3) is 0 Å². The van der Waals surface area contributed by atoms with Crippen LogP contribution in [-0.4, -0.2) is 38.2 Å². The third kappa shape index (κ3) is 2.32. The number of aliphatic hydroxyl groups is 1. The van der Waals surface area contributed by atoms with Crippen LogP contribution in [0, 0.1) is 0 Å². The predicted octanol–water partition coefficient (Wildman–Crippen LogP) is -0.720. The first-order chi connectivity index (χ1) is 4.46. The maximum Gasteiger partial charge on any atom is 0.334 e. The van der Waals surface area contributed by atoms with Gasteiger partial charge in [0.1, 0.15) is 4.83 Å². The van der Waals surface area contributed by atoms with Crippen molar-refractivity contribution in [3.63, 3.8) is 0 Å². The molecule has 0 heterocycles. The second kappa shape index (κ2) is 3.52. The Hall–Kier alpha value is -0.620. The number of aliphatic carboxylic acids is 2. The summed E-state index contributed by atoms with van der Waals surface area (Å²) in [7, 11) is 0. The second-order valence-electron chi connectivity index (χ2n) is 1.52. The molecule has 0 aliphatic rings. The van der Waals surface area contributed by atoms with Gasteiger partial charge in [0.15, 0.2) is 6.10 Å². The highest BCUT2D eigenvalue weighted by atomic mass is 79.9. The number of halogens is 1. The summed E-state index contributed by atoms with van der Waals surface area (Å²) in [5.41, 5.74) is 0. The molecule has 0 amide bonds. The van der Waals surface area contributed by atoms with E-state index < -0.39 is 22.9 Å². The van der Waals surface area contributed by atoms with E-state index in [0.717, 1.165) is 0 Å². The second-order valence-corrected chi connectivity index (χ2v) is 2.51. The van der Waals surface area contributed by atoms with Gasteiger partial charge in [-0.1, -0.05) is 15.9 Å². The SMILES string of the molecule is O=C(O)[C@@H](Br)[C@@H](O)C(=O)O. The number of alkyl halides is 1. The van der Waals surface area contributed by atoms with E-state index >= 15 is 0 Å². The van der Waals surface area contributed by atoms with Crippen LogP contribution in [-0.2, 0) is 9.59 Å². The molecule has 0 rings (SSSR count). The van der Waals surface area contributed by atoms with Gasteiger partial charge in [-0.2, -0.15) is 0 Å². The molecule has 0 spiro atoms. The quantitative estimate of drug-likeness (QED) is 0.537. The molecule has 0 bridgehead atoms. The van der Waals surface area contributed by atoms with E-state index in [0.29, 0.717) is 0 Å². The van der Waals surface area contributed by atoms with E-state index in [2.05, 4.69) is 15.9 Å². The van der Waals surface area contributed by atoms with Crippen molar-refractivity contribution < 1.29 is 24.9 Å². The highest BCUT2D eigenvalue weighted by Gasteiger charge is 2.28. The minimum atomic E-state index is -1.91. The van der Waals surface area contributed by atoms with Crippen LogP contribution in [0.4, 0.5) is 0 Å². The van der Waals surface area contributed by atoms with Gasteiger partial charge in [-0.05, 0) is 0 Å². The molecule has 58 valence electrons. The fraction of sp³-hybridized carbons (Fsp3) is 0.500. The lowest BCUT2D eigenvalue weighted by Gasteiger charge is -2.06. The van der Waals surface area contributed by atoms with E-state index in [1.807, 2.05) is 0 Å². The molecule has 10 heavy (non-hydrogen) atoms. The Morgan fingerprint density at radius 1 is 1.20 bits per heavy atom. The highest BCUT2D eigenvalue weighted by molar-refractivity contribution is 9.10. The Morgan fingerprint density at radius 2 is 1.60 bits per heavy atom. The predicted molar refractivity (Wildman–Crippen MR) is 34.0 cm³/mol. The Balaban J connectivity index is 4.07. The van der Waals surface area contributed by atoms with Gasteiger partial charge in [-0.25, -0.2) is 4.79 Å². The molecule has 0 aromatic heterocycles. The summed E-state index contributed by atoms with van der Waals surface area (Å²) >= 11 is 2.48. The summed E-state index contributed by atoms with van der Waals surface area (Å²) in [5.74, 6) is -2.97. The molecule has 0 aliphatic carbocycles. The molecule has 0 aliphatic heterocycles. The number of hydrogen-bond donors (Lipinski definition) is 3. The minimum absolute atomic E-state index is 1.41. The monoisotopic (exact) mass is 212 g/mol. The number of rotatable bonds is 3. The van der Waals surface area contributed by atoms with Crippen molar-refractivity contribution in [1.82, 2.24) is 0 Å². The van der Waals surface area contributed by atoms with Gasteiger partial charge in [-0.15, -0.1) is 0 Å². The molecule has 0 aromatic carbocycles. The first kappa shape index (κ1) is 9.38. The van der Waals surface area contributed by atoms with E-state index in [1.165, 1.54) is 0 Å². The topological polar surface area (TPSA) is 94.8 Å². The van der Waals surface area contributed by atoms with Crippen LogP contribution in [0.5, 0.6) is 0 Å². The normalized spacial score (nSPS) is 15.8. The van der Waals surface area contributed by atoms with E-state index in [4.69, 9.17) is 15.3 Å².